The molecule has 8 heteroatoms. The quantitative estimate of drug-likeness (QED) is 0.634. The molecule has 0 atom stereocenters. The Morgan fingerprint density at radius 1 is 1.48 bits per heavy atom. The van der Waals surface area contributed by atoms with Crippen molar-refractivity contribution in [2.24, 2.45) is 10.7 Å². The summed E-state index contributed by atoms with van der Waals surface area (Å²) in [6.45, 7) is 3.27. The van der Waals surface area contributed by atoms with E-state index in [-0.39, 0.29) is 12.5 Å². The molecule has 0 heterocycles. The number of hydrogen-bond donors (Lipinski definition) is 2. The van der Waals surface area contributed by atoms with E-state index in [1.54, 1.807) is 32.0 Å². The minimum Gasteiger partial charge on any atom is -0.495 e. The van der Waals surface area contributed by atoms with Gasteiger partial charge in [0.25, 0.3) is 0 Å². The summed E-state index contributed by atoms with van der Waals surface area (Å²) in [4.78, 5) is 4.06. The van der Waals surface area contributed by atoms with Crippen molar-refractivity contribution in [3.8, 4) is 5.75 Å². The Morgan fingerprint density at radius 2 is 2.10 bits per heavy atom. The van der Waals surface area contributed by atoms with E-state index in [0.717, 1.165) is 0 Å². The van der Waals surface area contributed by atoms with Crippen LogP contribution in [0, 0.1) is 0 Å². The number of benzene rings is 1. The molecule has 0 aromatic heterocycles. The molecule has 1 aromatic carbocycles. The lowest BCUT2D eigenvalue weighted by atomic mass is 10.2. The zero-order chi connectivity index (χ0) is 16.3. The summed E-state index contributed by atoms with van der Waals surface area (Å²) in [7, 11) is -1.69. The maximum absolute atomic E-state index is 11.6. The van der Waals surface area contributed by atoms with Crippen LogP contribution in [0.3, 0.4) is 0 Å². The van der Waals surface area contributed by atoms with E-state index in [2.05, 4.69) is 10.3 Å². The summed E-state index contributed by atoms with van der Waals surface area (Å²) in [6.07, 6.45) is 1.18. The third-order valence-corrected chi connectivity index (χ3v) is 5.49. The largest absolute Gasteiger partial charge is 0.495 e. The summed E-state index contributed by atoms with van der Waals surface area (Å²) in [5, 5.41) is 3.29. The van der Waals surface area contributed by atoms with Gasteiger partial charge in [0, 0.05) is 11.9 Å². The summed E-state index contributed by atoms with van der Waals surface area (Å²) >= 11 is 6.00. The van der Waals surface area contributed by atoms with E-state index < -0.39 is 14.6 Å². The maximum atomic E-state index is 11.6. The molecule has 0 aliphatic rings. The van der Waals surface area contributed by atoms with Gasteiger partial charge in [-0.3, -0.25) is 4.99 Å². The topological polar surface area (TPSA) is 93.8 Å². The van der Waals surface area contributed by atoms with Crippen molar-refractivity contribution in [3.05, 3.63) is 23.2 Å². The van der Waals surface area contributed by atoms with Gasteiger partial charge in [-0.05, 0) is 32.0 Å². The normalized spacial score (nSPS) is 13.1. The average molecular weight is 334 g/mol. The van der Waals surface area contributed by atoms with Gasteiger partial charge in [0.1, 0.15) is 5.75 Å². The first-order valence-electron chi connectivity index (χ1n) is 6.17. The number of nitrogens with two attached hydrogens (primary N) is 1. The van der Waals surface area contributed by atoms with Gasteiger partial charge >= 0.3 is 0 Å². The van der Waals surface area contributed by atoms with Gasteiger partial charge in [-0.1, -0.05) is 11.6 Å². The van der Waals surface area contributed by atoms with E-state index in [1.807, 2.05) is 0 Å². The highest BCUT2D eigenvalue weighted by molar-refractivity contribution is 7.92. The van der Waals surface area contributed by atoms with Crippen LogP contribution < -0.4 is 15.8 Å². The predicted octanol–water partition coefficient (Wildman–Crippen LogP) is 1.90. The Bertz CT molecular complexity index is 642. The molecular formula is C13H20ClN3O3S. The van der Waals surface area contributed by atoms with Crippen LogP contribution in [0.15, 0.2) is 23.2 Å². The highest BCUT2D eigenvalue weighted by Crippen LogP contribution is 2.27. The average Bonchev–Trinajstić information content (AvgIpc) is 2.35. The number of rotatable bonds is 5. The maximum Gasteiger partial charge on any atom is 0.193 e. The number of nitrogens with zero attached hydrogens (tertiary/aromatic N) is 1. The van der Waals surface area contributed by atoms with Crippen LogP contribution in [0.4, 0.5) is 5.69 Å². The molecule has 1 rings (SSSR count). The lowest BCUT2D eigenvalue weighted by molar-refractivity contribution is 0.415. The van der Waals surface area contributed by atoms with E-state index >= 15 is 0 Å². The highest BCUT2D eigenvalue weighted by Gasteiger charge is 2.29. The number of sulfone groups is 1. The second-order valence-electron chi connectivity index (χ2n) is 5.21. The van der Waals surface area contributed by atoms with Gasteiger partial charge in [0.05, 0.1) is 23.4 Å². The minimum absolute atomic E-state index is 0.0640. The van der Waals surface area contributed by atoms with E-state index in [4.69, 9.17) is 22.1 Å². The Hall–Kier alpha value is -1.47. The SMILES string of the molecule is COc1ccc(NC(N)=NCC(C)(C)S(C)(=O)=O)cc1Cl. The van der Waals surface area contributed by atoms with Crippen molar-refractivity contribution in [1.29, 1.82) is 0 Å². The van der Waals surface area contributed by atoms with Gasteiger partial charge in [-0.15, -0.1) is 0 Å². The van der Waals surface area contributed by atoms with E-state index in [0.29, 0.717) is 16.5 Å². The van der Waals surface area contributed by atoms with Gasteiger partial charge in [-0.25, -0.2) is 8.42 Å². The molecule has 0 bridgehead atoms. The molecule has 0 saturated heterocycles. The van der Waals surface area contributed by atoms with Crippen LogP contribution in [-0.4, -0.2) is 39.0 Å². The first-order valence-corrected chi connectivity index (χ1v) is 8.44. The molecule has 21 heavy (non-hydrogen) atoms. The summed E-state index contributed by atoms with van der Waals surface area (Å²) in [6, 6.07) is 5.07. The van der Waals surface area contributed by atoms with Gasteiger partial charge in [0.2, 0.25) is 0 Å². The molecule has 0 fully saturated rings. The summed E-state index contributed by atoms with van der Waals surface area (Å²) < 4.78 is 27.2. The number of ether oxygens (including phenoxy) is 1. The van der Waals surface area contributed by atoms with Crippen molar-refractivity contribution in [1.82, 2.24) is 0 Å². The molecule has 0 saturated carbocycles. The Balaban J connectivity index is 2.80. The van der Waals surface area contributed by atoms with Gasteiger partial charge in [0.15, 0.2) is 15.8 Å². The number of aliphatic imine (C=N–C) groups is 1. The first-order chi connectivity index (χ1) is 9.56. The van der Waals surface area contributed by atoms with Crippen molar-refractivity contribution >= 4 is 33.1 Å². The fourth-order valence-corrected chi connectivity index (χ4v) is 1.88. The van der Waals surface area contributed by atoms with Crippen LogP contribution in [0.25, 0.3) is 0 Å². The number of halogens is 1. The Kier molecular flexibility index (Phi) is 5.47. The number of nitrogens with one attached hydrogen (secondary N) is 1. The molecule has 0 amide bonds. The van der Waals surface area contributed by atoms with Gasteiger partial charge < -0.3 is 15.8 Å². The molecule has 3 N–H and O–H groups in total. The monoisotopic (exact) mass is 333 g/mol. The lowest BCUT2D eigenvalue weighted by Gasteiger charge is -2.20. The number of methoxy groups -OCH3 is 1. The van der Waals surface area contributed by atoms with Gasteiger partial charge in [-0.2, -0.15) is 0 Å². The fraction of sp³-hybridized carbons (Fsp3) is 0.462. The molecule has 0 aliphatic heterocycles. The van der Waals surface area contributed by atoms with Crippen LogP contribution in [0.5, 0.6) is 5.75 Å². The summed E-state index contributed by atoms with van der Waals surface area (Å²) in [5.41, 5.74) is 6.38. The number of hydrogen-bond acceptors (Lipinski definition) is 4. The molecule has 118 valence electrons. The first kappa shape index (κ1) is 17.6. The minimum atomic E-state index is -3.21. The lowest BCUT2D eigenvalue weighted by Crippen LogP contribution is -2.36. The highest BCUT2D eigenvalue weighted by atomic mass is 35.5. The molecule has 0 unspecified atom stereocenters. The number of anilines is 1. The fourth-order valence-electron chi connectivity index (χ4n) is 1.32. The number of guanidine groups is 1. The van der Waals surface area contributed by atoms with Crippen LogP contribution >= 0.6 is 11.6 Å². The van der Waals surface area contributed by atoms with E-state index in [9.17, 15) is 8.42 Å². The van der Waals surface area contributed by atoms with Crippen molar-refractivity contribution < 1.29 is 13.2 Å². The molecule has 6 nitrogen and oxygen atoms in total. The Labute approximate surface area is 130 Å². The van der Waals surface area contributed by atoms with Crippen LogP contribution in [-0.2, 0) is 9.84 Å². The molecular weight excluding hydrogens is 314 g/mol. The van der Waals surface area contributed by atoms with Crippen LogP contribution in [0.2, 0.25) is 5.02 Å². The molecule has 0 aliphatic carbocycles. The molecule has 1 aromatic rings. The zero-order valence-corrected chi connectivity index (χ0v) is 14.0. The van der Waals surface area contributed by atoms with Crippen molar-refractivity contribution in [2.75, 3.05) is 25.2 Å². The predicted molar refractivity (Wildman–Crippen MR) is 87.0 cm³/mol. The standard InChI is InChI=1S/C13H20ClN3O3S/c1-13(2,21(4,18)19)8-16-12(15)17-9-5-6-11(20-3)10(14)7-9/h5-7H,8H2,1-4H3,(H3,15,16,17). The van der Waals surface area contributed by atoms with E-state index in [1.165, 1.54) is 13.4 Å². The third-order valence-electron chi connectivity index (χ3n) is 3.06. The Morgan fingerprint density at radius 3 is 2.57 bits per heavy atom. The molecule has 0 radical (unpaired) electrons. The second kappa shape index (κ2) is 6.53. The third kappa shape index (κ3) is 4.78. The zero-order valence-electron chi connectivity index (χ0n) is 12.5. The van der Waals surface area contributed by atoms with Crippen molar-refractivity contribution in [2.45, 2.75) is 18.6 Å². The van der Waals surface area contributed by atoms with Crippen molar-refractivity contribution in [3.63, 3.8) is 0 Å². The van der Waals surface area contributed by atoms with Crippen LogP contribution in [0.1, 0.15) is 13.8 Å². The second-order valence-corrected chi connectivity index (χ2v) is 8.26. The summed E-state index contributed by atoms with van der Waals surface area (Å²) in [5.74, 6) is 0.670. The molecule has 0 spiro atoms. The smallest absolute Gasteiger partial charge is 0.193 e.